The van der Waals surface area contributed by atoms with Crippen LogP contribution in [0.15, 0.2) is 18.3 Å². The minimum atomic E-state index is 0.283. The zero-order valence-corrected chi connectivity index (χ0v) is 9.89. The second kappa shape index (κ2) is 5.30. The average Bonchev–Trinajstić information content (AvgIpc) is 2.30. The number of hydrogen-bond donors (Lipinski definition) is 1. The molecular weight excluding hydrogens is 200 g/mol. The molecule has 1 aromatic heterocycles. The van der Waals surface area contributed by atoms with Crippen LogP contribution in [0.2, 0.25) is 0 Å². The first-order valence-electron chi connectivity index (χ1n) is 6.11. The number of aliphatic hydroxyl groups excluding tert-OH is 1. The normalized spacial score (nSPS) is 21.1. The predicted molar refractivity (Wildman–Crippen MR) is 65.7 cm³/mol. The van der Waals surface area contributed by atoms with Crippen LogP contribution in [-0.2, 0) is 0 Å². The first kappa shape index (κ1) is 11.4. The molecule has 1 unspecified atom stereocenters. The highest BCUT2D eigenvalue weighted by Crippen LogP contribution is 2.26. The summed E-state index contributed by atoms with van der Waals surface area (Å²) in [6, 6.07) is 4.71. The lowest BCUT2D eigenvalue weighted by molar-refractivity contribution is 0.262. The molecule has 1 atom stereocenters. The van der Waals surface area contributed by atoms with E-state index in [1.807, 2.05) is 13.1 Å². The molecule has 1 saturated heterocycles. The molecule has 3 heteroatoms. The lowest BCUT2D eigenvalue weighted by Gasteiger charge is -2.37. The lowest BCUT2D eigenvalue weighted by atomic mass is 9.99. The van der Waals surface area contributed by atoms with Gasteiger partial charge >= 0.3 is 0 Å². The monoisotopic (exact) mass is 220 g/mol. The molecule has 0 amide bonds. The summed E-state index contributed by atoms with van der Waals surface area (Å²) in [6.45, 7) is 3.41. The van der Waals surface area contributed by atoms with Gasteiger partial charge in [-0.15, -0.1) is 0 Å². The van der Waals surface area contributed by atoms with E-state index in [0.717, 1.165) is 18.7 Å². The molecule has 88 valence electrons. The fourth-order valence-corrected chi connectivity index (χ4v) is 2.50. The van der Waals surface area contributed by atoms with Gasteiger partial charge in [0.15, 0.2) is 0 Å². The first-order chi connectivity index (χ1) is 7.81. The molecule has 0 aromatic carbocycles. The maximum Gasteiger partial charge on any atom is 0.0450 e. The quantitative estimate of drug-likeness (QED) is 0.847. The molecule has 1 aromatic rings. The van der Waals surface area contributed by atoms with Crippen molar-refractivity contribution in [2.75, 3.05) is 18.1 Å². The van der Waals surface area contributed by atoms with Gasteiger partial charge in [-0.25, -0.2) is 0 Å². The summed E-state index contributed by atoms with van der Waals surface area (Å²) in [6.07, 6.45) is 6.48. The van der Waals surface area contributed by atoms with Gasteiger partial charge in [0.1, 0.15) is 0 Å². The molecule has 1 N–H and O–H groups in total. The van der Waals surface area contributed by atoms with Crippen molar-refractivity contribution in [3.05, 3.63) is 24.0 Å². The van der Waals surface area contributed by atoms with Crippen molar-refractivity contribution in [1.82, 2.24) is 4.98 Å². The number of aromatic nitrogens is 1. The van der Waals surface area contributed by atoms with E-state index in [-0.39, 0.29) is 6.61 Å². The predicted octanol–water partition coefficient (Wildman–Crippen LogP) is 2.13. The van der Waals surface area contributed by atoms with Crippen molar-refractivity contribution in [2.24, 2.45) is 0 Å². The van der Waals surface area contributed by atoms with Crippen LogP contribution >= 0.6 is 0 Å². The van der Waals surface area contributed by atoms with Gasteiger partial charge in [-0.05, 0) is 44.7 Å². The van der Waals surface area contributed by atoms with Gasteiger partial charge in [0.25, 0.3) is 0 Å². The summed E-state index contributed by atoms with van der Waals surface area (Å²) >= 11 is 0. The molecular formula is C13H20N2O. The fourth-order valence-electron chi connectivity index (χ4n) is 2.50. The van der Waals surface area contributed by atoms with Gasteiger partial charge in [0.05, 0.1) is 0 Å². The molecule has 16 heavy (non-hydrogen) atoms. The minimum absolute atomic E-state index is 0.283. The number of piperidine rings is 1. The maximum absolute atomic E-state index is 9.10. The Balaban J connectivity index is 2.16. The maximum atomic E-state index is 9.10. The van der Waals surface area contributed by atoms with E-state index in [4.69, 9.17) is 5.11 Å². The Morgan fingerprint density at radius 3 is 3.12 bits per heavy atom. The molecule has 2 heterocycles. The van der Waals surface area contributed by atoms with E-state index >= 15 is 0 Å². The van der Waals surface area contributed by atoms with Crippen LogP contribution in [-0.4, -0.2) is 29.3 Å². The van der Waals surface area contributed by atoms with E-state index in [1.165, 1.54) is 24.9 Å². The highest BCUT2D eigenvalue weighted by atomic mass is 16.3. The molecule has 2 rings (SSSR count). The number of anilines is 1. The third kappa shape index (κ3) is 2.53. The van der Waals surface area contributed by atoms with Crippen LogP contribution in [0.25, 0.3) is 0 Å². The van der Waals surface area contributed by atoms with Crippen LogP contribution in [0.4, 0.5) is 5.69 Å². The lowest BCUT2D eigenvalue weighted by Crippen LogP contribution is -2.40. The van der Waals surface area contributed by atoms with Crippen molar-refractivity contribution in [1.29, 1.82) is 0 Å². The van der Waals surface area contributed by atoms with Crippen molar-refractivity contribution >= 4 is 5.69 Å². The van der Waals surface area contributed by atoms with Crippen molar-refractivity contribution < 1.29 is 5.11 Å². The van der Waals surface area contributed by atoms with Gasteiger partial charge in [-0.2, -0.15) is 0 Å². The zero-order valence-electron chi connectivity index (χ0n) is 9.89. The molecule has 1 aliphatic heterocycles. The van der Waals surface area contributed by atoms with Crippen LogP contribution < -0.4 is 4.90 Å². The second-order valence-corrected chi connectivity index (χ2v) is 4.51. The summed E-state index contributed by atoms with van der Waals surface area (Å²) in [7, 11) is 0. The molecule has 0 radical (unpaired) electrons. The Morgan fingerprint density at radius 2 is 2.38 bits per heavy atom. The van der Waals surface area contributed by atoms with Crippen molar-refractivity contribution in [3.63, 3.8) is 0 Å². The number of hydrogen-bond acceptors (Lipinski definition) is 3. The van der Waals surface area contributed by atoms with E-state index in [0.29, 0.717) is 6.04 Å². The zero-order chi connectivity index (χ0) is 11.4. The number of aryl methyl sites for hydroxylation is 1. The fraction of sp³-hybridized carbons (Fsp3) is 0.615. The van der Waals surface area contributed by atoms with Crippen LogP contribution in [0.1, 0.15) is 31.4 Å². The topological polar surface area (TPSA) is 36.4 Å². The summed E-state index contributed by atoms with van der Waals surface area (Å²) in [5, 5.41) is 9.10. The largest absolute Gasteiger partial charge is 0.396 e. The Morgan fingerprint density at radius 1 is 1.50 bits per heavy atom. The number of rotatable bonds is 3. The summed E-state index contributed by atoms with van der Waals surface area (Å²) < 4.78 is 0. The third-order valence-electron chi connectivity index (χ3n) is 3.30. The molecule has 1 aliphatic rings. The van der Waals surface area contributed by atoms with Crippen LogP contribution in [0.3, 0.4) is 0 Å². The first-order valence-corrected chi connectivity index (χ1v) is 6.11. The molecule has 3 nitrogen and oxygen atoms in total. The van der Waals surface area contributed by atoms with Gasteiger partial charge < -0.3 is 10.0 Å². The van der Waals surface area contributed by atoms with Gasteiger partial charge in [-0.3, -0.25) is 4.98 Å². The van der Waals surface area contributed by atoms with E-state index < -0.39 is 0 Å². The van der Waals surface area contributed by atoms with E-state index in [1.54, 1.807) is 0 Å². The van der Waals surface area contributed by atoms with E-state index in [9.17, 15) is 0 Å². The Kier molecular flexibility index (Phi) is 3.78. The van der Waals surface area contributed by atoms with Crippen molar-refractivity contribution in [3.8, 4) is 0 Å². The molecule has 0 saturated carbocycles. The summed E-state index contributed by atoms with van der Waals surface area (Å²) in [5.41, 5.74) is 2.32. The average molecular weight is 220 g/mol. The van der Waals surface area contributed by atoms with E-state index in [2.05, 4.69) is 22.0 Å². The number of nitrogens with zero attached hydrogens (tertiary/aromatic N) is 2. The molecule has 1 fully saturated rings. The minimum Gasteiger partial charge on any atom is -0.396 e. The van der Waals surface area contributed by atoms with Gasteiger partial charge in [0.2, 0.25) is 0 Å². The Bertz CT molecular complexity index is 338. The molecule has 0 bridgehead atoms. The Labute approximate surface area is 97.1 Å². The third-order valence-corrected chi connectivity index (χ3v) is 3.30. The highest BCUT2D eigenvalue weighted by molar-refractivity contribution is 5.47. The van der Waals surface area contributed by atoms with Crippen molar-refractivity contribution in [2.45, 2.75) is 38.6 Å². The van der Waals surface area contributed by atoms with Gasteiger partial charge in [-0.1, -0.05) is 0 Å². The summed E-state index contributed by atoms with van der Waals surface area (Å²) in [4.78, 5) is 6.65. The number of aliphatic hydroxyl groups is 1. The smallest absolute Gasteiger partial charge is 0.0450 e. The Hall–Kier alpha value is -1.09. The number of pyridine rings is 1. The molecule has 0 spiro atoms. The van der Waals surface area contributed by atoms with Crippen LogP contribution in [0, 0.1) is 6.92 Å². The molecule has 0 aliphatic carbocycles. The second-order valence-electron chi connectivity index (χ2n) is 4.51. The standard InChI is InChI=1S/C13H20N2O/c1-11-10-13(5-7-14-11)15-8-3-2-4-12(15)6-9-16/h5,7,10,12,16H,2-4,6,8-9H2,1H3. The van der Waals surface area contributed by atoms with Crippen LogP contribution in [0.5, 0.6) is 0 Å². The highest BCUT2D eigenvalue weighted by Gasteiger charge is 2.22. The SMILES string of the molecule is Cc1cc(N2CCCCC2CCO)ccn1. The van der Waals surface area contributed by atoms with Gasteiger partial charge in [0, 0.05) is 36.8 Å². The summed E-state index contributed by atoms with van der Waals surface area (Å²) in [5.74, 6) is 0.